The van der Waals surface area contributed by atoms with Crippen LogP contribution in [0.1, 0.15) is 15.9 Å². The molecule has 0 aromatic carbocycles. The van der Waals surface area contributed by atoms with Crippen LogP contribution in [0.5, 0.6) is 5.75 Å². The Bertz CT molecular complexity index is 625. The van der Waals surface area contributed by atoms with Gasteiger partial charge in [-0.2, -0.15) is 5.10 Å². The van der Waals surface area contributed by atoms with Crippen molar-refractivity contribution >= 4 is 28.9 Å². The predicted molar refractivity (Wildman–Crippen MR) is 73.2 cm³/mol. The lowest BCUT2D eigenvalue weighted by Crippen LogP contribution is -2.17. The van der Waals surface area contributed by atoms with E-state index in [1.54, 1.807) is 6.07 Å². The monoisotopic (exact) mass is 277 g/mol. The molecule has 0 spiro atoms. The molecular weight excluding hydrogens is 266 g/mol. The van der Waals surface area contributed by atoms with E-state index in [4.69, 9.17) is 22.7 Å². The van der Waals surface area contributed by atoms with Crippen LogP contribution in [-0.4, -0.2) is 33.2 Å². The summed E-state index contributed by atoms with van der Waals surface area (Å²) in [5, 5.41) is 9.03. The van der Waals surface area contributed by atoms with Crippen LogP contribution in [0.15, 0.2) is 24.7 Å². The topological polar surface area (TPSA) is 106 Å². The number of H-pyrrole nitrogens is 1. The molecule has 0 fully saturated rings. The highest BCUT2D eigenvalue weighted by atomic mass is 32.1. The molecule has 2 aromatic heterocycles. The number of carbonyl (C=O) groups excluding carboxylic acids is 1. The quantitative estimate of drug-likeness (QED) is 0.710. The van der Waals surface area contributed by atoms with Crippen molar-refractivity contribution in [1.29, 1.82) is 0 Å². The van der Waals surface area contributed by atoms with E-state index in [0.29, 0.717) is 22.7 Å². The Morgan fingerprint density at radius 2 is 2.26 bits per heavy atom. The van der Waals surface area contributed by atoms with Crippen LogP contribution in [0.3, 0.4) is 0 Å². The summed E-state index contributed by atoms with van der Waals surface area (Å²) in [4.78, 5) is 16.1. The lowest BCUT2D eigenvalue weighted by molar-refractivity contribution is 0.102. The second kappa shape index (κ2) is 5.44. The van der Waals surface area contributed by atoms with Crippen LogP contribution in [0.4, 0.5) is 5.82 Å². The molecule has 2 rings (SSSR count). The molecule has 0 atom stereocenters. The van der Waals surface area contributed by atoms with Gasteiger partial charge in [0.2, 0.25) is 0 Å². The second-order valence-corrected chi connectivity index (χ2v) is 3.99. The highest BCUT2D eigenvalue weighted by molar-refractivity contribution is 7.80. The van der Waals surface area contributed by atoms with Gasteiger partial charge in [-0.15, -0.1) is 0 Å². The van der Waals surface area contributed by atoms with Crippen LogP contribution in [0, 0.1) is 0 Å². The summed E-state index contributed by atoms with van der Waals surface area (Å²) in [5.41, 5.74) is 6.33. The Kier molecular flexibility index (Phi) is 3.71. The lowest BCUT2D eigenvalue weighted by Gasteiger charge is -2.08. The maximum Gasteiger partial charge on any atom is 0.260 e. The van der Waals surface area contributed by atoms with Crippen molar-refractivity contribution in [3.8, 4) is 5.75 Å². The zero-order chi connectivity index (χ0) is 13.8. The number of amides is 1. The van der Waals surface area contributed by atoms with E-state index in [1.807, 2.05) is 0 Å². The van der Waals surface area contributed by atoms with Crippen LogP contribution < -0.4 is 15.8 Å². The number of anilines is 1. The molecule has 0 aliphatic rings. The first kappa shape index (κ1) is 13.0. The van der Waals surface area contributed by atoms with Crippen LogP contribution >= 0.6 is 12.2 Å². The number of nitrogens with one attached hydrogen (secondary N) is 2. The summed E-state index contributed by atoms with van der Waals surface area (Å²) >= 11 is 4.85. The fourth-order valence-corrected chi connectivity index (χ4v) is 1.63. The first-order valence-electron chi connectivity index (χ1n) is 5.26. The van der Waals surface area contributed by atoms with Crippen molar-refractivity contribution in [1.82, 2.24) is 15.2 Å². The van der Waals surface area contributed by atoms with Crippen molar-refractivity contribution in [2.75, 3.05) is 12.4 Å². The Morgan fingerprint density at radius 1 is 1.47 bits per heavy atom. The average Bonchev–Trinajstić information content (AvgIpc) is 2.87. The molecule has 19 heavy (non-hydrogen) atoms. The normalized spacial score (nSPS) is 9.95. The minimum Gasteiger partial charge on any atom is -0.494 e. The van der Waals surface area contributed by atoms with Gasteiger partial charge in [-0.05, 0) is 6.07 Å². The van der Waals surface area contributed by atoms with Gasteiger partial charge in [-0.3, -0.25) is 14.9 Å². The molecule has 0 aliphatic carbocycles. The third-order valence-corrected chi connectivity index (χ3v) is 2.61. The highest BCUT2D eigenvalue weighted by Gasteiger charge is 2.15. The molecule has 0 saturated carbocycles. The third kappa shape index (κ3) is 2.68. The zero-order valence-electron chi connectivity index (χ0n) is 10.0. The first-order chi connectivity index (χ1) is 9.13. The van der Waals surface area contributed by atoms with E-state index >= 15 is 0 Å². The molecule has 7 nitrogen and oxygen atoms in total. The number of methoxy groups -OCH3 is 1. The predicted octanol–water partition coefficient (Wildman–Crippen LogP) is 0.700. The molecule has 0 bridgehead atoms. The molecular formula is C11H11N5O2S. The SMILES string of the molecule is COc1cnccc1C(=O)Nc1[nH]ncc1C(N)=S. The Morgan fingerprint density at radius 3 is 2.95 bits per heavy atom. The number of rotatable bonds is 4. The van der Waals surface area contributed by atoms with Gasteiger partial charge in [0.1, 0.15) is 16.6 Å². The van der Waals surface area contributed by atoms with E-state index < -0.39 is 0 Å². The summed E-state index contributed by atoms with van der Waals surface area (Å²) in [6.45, 7) is 0. The van der Waals surface area contributed by atoms with Crippen LogP contribution in [0.2, 0.25) is 0 Å². The van der Waals surface area contributed by atoms with Gasteiger partial charge in [0.25, 0.3) is 5.91 Å². The fourth-order valence-electron chi connectivity index (χ4n) is 1.48. The number of hydrogen-bond donors (Lipinski definition) is 3. The number of ether oxygens (including phenoxy) is 1. The van der Waals surface area contributed by atoms with Crippen molar-refractivity contribution in [3.05, 3.63) is 35.8 Å². The van der Waals surface area contributed by atoms with Crippen molar-refractivity contribution in [2.45, 2.75) is 0 Å². The number of hydrogen-bond acceptors (Lipinski definition) is 5. The van der Waals surface area contributed by atoms with Crippen LogP contribution in [-0.2, 0) is 0 Å². The van der Waals surface area contributed by atoms with E-state index in [2.05, 4.69) is 20.5 Å². The molecule has 1 amide bonds. The van der Waals surface area contributed by atoms with Gasteiger partial charge in [-0.25, -0.2) is 0 Å². The van der Waals surface area contributed by atoms with Gasteiger partial charge in [0.15, 0.2) is 0 Å². The molecule has 8 heteroatoms. The van der Waals surface area contributed by atoms with Gasteiger partial charge < -0.3 is 15.8 Å². The third-order valence-electron chi connectivity index (χ3n) is 2.39. The largest absolute Gasteiger partial charge is 0.494 e. The lowest BCUT2D eigenvalue weighted by atomic mass is 10.2. The number of thiocarbonyl (C=S) groups is 1. The standard InChI is InChI=1S/C11H11N5O2S/c1-18-8-5-13-3-2-6(8)11(17)15-10-7(9(12)19)4-14-16-10/h2-5H,1H3,(H2,12,19)(H2,14,15,16,17). The summed E-state index contributed by atoms with van der Waals surface area (Å²) in [7, 11) is 1.46. The van der Waals surface area contributed by atoms with Crippen molar-refractivity contribution in [3.63, 3.8) is 0 Å². The van der Waals surface area contributed by atoms with E-state index in [1.165, 1.54) is 25.7 Å². The van der Waals surface area contributed by atoms with Crippen LogP contribution in [0.25, 0.3) is 0 Å². The minimum atomic E-state index is -0.374. The molecule has 0 unspecified atom stereocenters. The number of nitrogens with two attached hydrogens (primary N) is 1. The first-order valence-corrected chi connectivity index (χ1v) is 5.67. The molecule has 2 aromatic rings. The van der Waals surface area contributed by atoms with E-state index in [0.717, 1.165) is 0 Å². The molecule has 2 heterocycles. The van der Waals surface area contributed by atoms with Gasteiger partial charge in [0.05, 0.1) is 30.6 Å². The van der Waals surface area contributed by atoms with Gasteiger partial charge >= 0.3 is 0 Å². The van der Waals surface area contributed by atoms with Crippen molar-refractivity contribution < 1.29 is 9.53 Å². The maximum absolute atomic E-state index is 12.1. The van der Waals surface area contributed by atoms with E-state index in [-0.39, 0.29) is 10.9 Å². The minimum absolute atomic E-state index is 0.144. The van der Waals surface area contributed by atoms with E-state index in [9.17, 15) is 4.79 Å². The molecule has 98 valence electrons. The fraction of sp³-hybridized carbons (Fsp3) is 0.0909. The Balaban J connectivity index is 2.26. The number of aromatic nitrogens is 3. The highest BCUT2D eigenvalue weighted by Crippen LogP contribution is 2.18. The summed E-state index contributed by atoms with van der Waals surface area (Å²) in [5.74, 6) is 0.341. The second-order valence-electron chi connectivity index (χ2n) is 3.55. The van der Waals surface area contributed by atoms with Crippen molar-refractivity contribution in [2.24, 2.45) is 5.73 Å². The maximum atomic E-state index is 12.1. The summed E-state index contributed by atoms with van der Waals surface area (Å²) < 4.78 is 5.06. The molecule has 0 aliphatic heterocycles. The zero-order valence-corrected chi connectivity index (χ0v) is 10.8. The summed E-state index contributed by atoms with van der Waals surface area (Å²) in [6.07, 6.45) is 4.40. The molecule has 0 radical (unpaired) electrons. The number of aromatic amines is 1. The number of carbonyl (C=O) groups is 1. The smallest absolute Gasteiger partial charge is 0.260 e. The average molecular weight is 277 g/mol. The molecule has 4 N–H and O–H groups in total. The van der Waals surface area contributed by atoms with Gasteiger partial charge in [-0.1, -0.05) is 12.2 Å². The summed E-state index contributed by atoms with van der Waals surface area (Å²) in [6, 6.07) is 1.55. The Hall–Kier alpha value is -2.48. The molecule has 0 saturated heterocycles. The Labute approximate surface area is 114 Å². The number of pyridine rings is 1. The van der Waals surface area contributed by atoms with Gasteiger partial charge in [0, 0.05) is 6.20 Å². The number of nitrogens with zero attached hydrogens (tertiary/aromatic N) is 2.